The van der Waals surface area contributed by atoms with Gasteiger partial charge in [-0.3, -0.25) is 14.4 Å². The molecule has 0 bridgehead atoms. The lowest BCUT2D eigenvalue weighted by atomic mass is 10.3. The van der Waals surface area contributed by atoms with Crippen molar-refractivity contribution < 1.29 is 9.32 Å². The summed E-state index contributed by atoms with van der Waals surface area (Å²) in [5, 5.41) is 10.5. The highest BCUT2D eigenvalue weighted by molar-refractivity contribution is 5.89. The largest absolute Gasteiger partial charge is 0.360 e. The summed E-state index contributed by atoms with van der Waals surface area (Å²) in [6.45, 7) is 5.17. The molecule has 3 heterocycles. The number of nitrogens with zero attached hydrogens (tertiary/aromatic N) is 5. The zero-order chi connectivity index (χ0) is 20.0. The van der Waals surface area contributed by atoms with Crippen molar-refractivity contribution in [2.24, 2.45) is 0 Å². The Morgan fingerprint density at radius 3 is 2.54 bits per heavy atom. The zero-order valence-electron chi connectivity index (χ0n) is 15.5. The van der Waals surface area contributed by atoms with Gasteiger partial charge in [0.05, 0.1) is 11.0 Å². The van der Waals surface area contributed by atoms with Gasteiger partial charge in [0.15, 0.2) is 5.82 Å². The van der Waals surface area contributed by atoms with Gasteiger partial charge in [0, 0.05) is 12.1 Å². The first-order valence-corrected chi connectivity index (χ1v) is 8.73. The lowest BCUT2D eigenvalue weighted by Gasteiger charge is -2.10. The van der Waals surface area contributed by atoms with Crippen LogP contribution in [0.15, 0.2) is 44.4 Å². The fourth-order valence-corrected chi connectivity index (χ4v) is 3.19. The maximum atomic E-state index is 12.8. The van der Waals surface area contributed by atoms with Crippen molar-refractivity contribution in [2.45, 2.75) is 33.4 Å². The molecule has 1 N–H and O–H groups in total. The molecule has 0 atom stereocenters. The molecule has 10 nitrogen and oxygen atoms in total. The predicted molar refractivity (Wildman–Crippen MR) is 101 cm³/mol. The first-order chi connectivity index (χ1) is 13.4. The molecule has 10 heteroatoms. The van der Waals surface area contributed by atoms with Crippen LogP contribution in [0, 0.1) is 6.92 Å². The Morgan fingerprint density at radius 2 is 1.89 bits per heavy atom. The van der Waals surface area contributed by atoms with Gasteiger partial charge in [-0.1, -0.05) is 17.3 Å². The minimum absolute atomic E-state index is 0.0142. The number of amides is 1. The minimum atomic E-state index is -0.879. The van der Waals surface area contributed by atoms with Gasteiger partial charge < -0.3 is 14.4 Å². The van der Waals surface area contributed by atoms with Crippen molar-refractivity contribution in [1.82, 2.24) is 23.9 Å². The second-order valence-corrected chi connectivity index (χ2v) is 6.73. The lowest BCUT2D eigenvalue weighted by molar-refractivity contribution is -0.117. The highest BCUT2D eigenvalue weighted by atomic mass is 16.5. The van der Waals surface area contributed by atoms with Crippen LogP contribution in [-0.2, 0) is 11.3 Å². The van der Waals surface area contributed by atoms with E-state index in [0.717, 1.165) is 10.2 Å². The van der Waals surface area contributed by atoms with Crippen molar-refractivity contribution >= 4 is 28.5 Å². The van der Waals surface area contributed by atoms with E-state index in [4.69, 9.17) is 4.52 Å². The third kappa shape index (κ3) is 2.79. The van der Waals surface area contributed by atoms with E-state index in [1.165, 1.54) is 4.40 Å². The summed E-state index contributed by atoms with van der Waals surface area (Å²) >= 11 is 0. The number of fused-ring (bicyclic) bond motifs is 3. The fourth-order valence-electron chi connectivity index (χ4n) is 3.19. The molecular formula is C18H18N6O4. The van der Waals surface area contributed by atoms with Crippen molar-refractivity contribution in [3.8, 4) is 0 Å². The summed E-state index contributed by atoms with van der Waals surface area (Å²) < 4.78 is 8.90. The second-order valence-electron chi connectivity index (χ2n) is 6.73. The van der Waals surface area contributed by atoms with E-state index in [1.54, 1.807) is 25.1 Å². The Bertz CT molecular complexity index is 1320. The molecule has 0 saturated heterocycles. The number of anilines is 1. The summed E-state index contributed by atoms with van der Waals surface area (Å²) in [4.78, 5) is 37.6. The molecule has 0 aliphatic rings. The first-order valence-electron chi connectivity index (χ1n) is 8.73. The average Bonchev–Trinajstić information content (AvgIpc) is 3.19. The van der Waals surface area contributed by atoms with Crippen LogP contribution in [-0.4, -0.2) is 29.8 Å². The molecule has 0 aliphatic heterocycles. The predicted octanol–water partition coefficient (Wildman–Crippen LogP) is 1.33. The highest BCUT2D eigenvalue weighted by Crippen LogP contribution is 2.21. The van der Waals surface area contributed by atoms with Crippen molar-refractivity contribution in [3.63, 3.8) is 0 Å². The number of carbonyl (C=O) groups excluding carboxylic acids is 1. The van der Waals surface area contributed by atoms with Gasteiger partial charge in [-0.15, -0.1) is 5.10 Å². The van der Waals surface area contributed by atoms with Crippen LogP contribution in [0.3, 0.4) is 0 Å². The third-order valence-corrected chi connectivity index (χ3v) is 4.33. The fraction of sp³-hybridized carbons (Fsp3) is 0.278. The molecule has 3 aromatic heterocycles. The minimum Gasteiger partial charge on any atom is -0.360 e. The van der Waals surface area contributed by atoms with Gasteiger partial charge in [-0.25, -0.2) is 9.08 Å². The summed E-state index contributed by atoms with van der Waals surface area (Å²) in [5.41, 5.74) is -0.265. The maximum Gasteiger partial charge on any atom is 0.333 e. The number of benzene rings is 1. The second kappa shape index (κ2) is 6.48. The topological polar surface area (TPSA) is 116 Å². The SMILES string of the molecule is Cc1cc(NC(=O)Cn2nc3n(C(C)C)c4ccccc4n3c(=O)c2=O)no1. The van der Waals surface area contributed by atoms with Crippen LogP contribution < -0.4 is 16.4 Å². The number of hydrogen-bond acceptors (Lipinski definition) is 6. The summed E-state index contributed by atoms with van der Waals surface area (Å²) in [6, 6.07) is 8.79. The molecule has 1 aromatic carbocycles. The molecule has 144 valence electrons. The molecule has 4 rings (SSSR count). The molecule has 0 fully saturated rings. The van der Waals surface area contributed by atoms with Gasteiger partial charge in [-0.05, 0) is 32.9 Å². The van der Waals surface area contributed by atoms with E-state index in [1.807, 2.05) is 30.5 Å². The molecule has 0 spiro atoms. The standard InChI is InChI=1S/C18H18N6O4/c1-10(2)23-12-6-4-5-7-13(12)24-17(27)16(26)22(20-18(23)24)9-15(25)19-14-8-11(3)28-21-14/h4-8,10H,9H2,1-3H3,(H,19,21,25). The molecule has 28 heavy (non-hydrogen) atoms. The van der Waals surface area contributed by atoms with Gasteiger partial charge in [-0.2, -0.15) is 0 Å². The van der Waals surface area contributed by atoms with Crippen molar-refractivity contribution in [1.29, 1.82) is 0 Å². The van der Waals surface area contributed by atoms with E-state index in [9.17, 15) is 14.4 Å². The molecule has 0 aliphatic carbocycles. The highest BCUT2D eigenvalue weighted by Gasteiger charge is 2.19. The summed E-state index contributed by atoms with van der Waals surface area (Å²) in [6.07, 6.45) is 0. The smallest absolute Gasteiger partial charge is 0.333 e. The average molecular weight is 382 g/mol. The Kier molecular flexibility index (Phi) is 4.10. The molecule has 0 radical (unpaired) electrons. The zero-order valence-corrected chi connectivity index (χ0v) is 15.5. The molecule has 4 aromatic rings. The van der Waals surface area contributed by atoms with Gasteiger partial charge in [0.2, 0.25) is 11.7 Å². The van der Waals surface area contributed by atoms with E-state index in [-0.39, 0.29) is 11.9 Å². The van der Waals surface area contributed by atoms with Crippen LogP contribution in [0.4, 0.5) is 5.82 Å². The quantitative estimate of drug-likeness (QED) is 0.532. The van der Waals surface area contributed by atoms with E-state index >= 15 is 0 Å². The van der Waals surface area contributed by atoms with Crippen molar-refractivity contribution in [3.05, 3.63) is 56.8 Å². The summed E-state index contributed by atoms with van der Waals surface area (Å²) in [5.74, 6) is 0.515. The van der Waals surface area contributed by atoms with Crippen molar-refractivity contribution in [2.75, 3.05) is 5.32 Å². The third-order valence-electron chi connectivity index (χ3n) is 4.33. The molecule has 0 saturated carbocycles. The van der Waals surface area contributed by atoms with E-state index in [2.05, 4.69) is 15.6 Å². The van der Waals surface area contributed by atoms with Crippen LogP contribution in [0.25, 0.3) is 16.8 Å². The van der Waals surface area contributed by atoms with E-state index in [0.29, 0.717) is 17.1 Å². The first kappa shape index (κ1) is 17.7. The van der Waals surface area contributed by atoms with Gasteiger partial charge in [0.25, 0.3) is 0 Å². The number of hydrogen-bond donors (Lipinski definition) is 1. The Morgan fingerprint density at radius 1 is 1.18 bits per heavy atom. The number of rotatable bonds is 4. The number of aryl methyl sites for hydroxylation is 1. The van der Waals surface area contributed by atoms with Gasteiger partial charge >= 0.3 is 11.1 Å². The lowest BCUT2D eigenvalue weighted by Crippen LogP contribution is -2.42. The number of aromatic nitrogens is 5. The van der Waals surface area contributed by atoms with Crippen LogP contribution in [0.1, 0.15) is 25.6 Å². The Hall–Kier alpha value is -3.69. The Balaban J connectivity index is 1.84. The van der Waals surface area contributed by atoms with E-state index < -0.39 is 23.6 Å². The Labute approximate surface area is 158 Å². The van der Waals surface area contributed by atoms with Gasteiger partial charge in [0.1, 0.15) is 12.3 Å². The van der Waals surface area contributed by atoms with Crippen LogP contribution in [0.5, 0.6) is 0 Å². The number of para-hydroxylation sites is 2. The number of carbonyl (C=O) groups is 1. The molecular weight excluding hydrogens is 364 g/mol. The monoisotopic (exact) mass is 382 g/mol. The summed E-state index contributed by atoms with van der Waals surface area (Å²) in [7, 11) is 0. The normalized spacial score (nSPS) is 11.6. The molecule has 0 unspecified atom stereocenters. The molecule has 1 amide bonds. The maximum absolute atomic E-state index is 12.8. The number of nitrogens with one attached hydrogen (secondary N) is 1. The number of imidazole rings is 1. The van der Waals surface area contributed by atoms with Crippen LogP contribution in [0.2, 0.25) is 0 Å². The van der Waals surface area contributed by atoms with Crippen LogP contribution >= 0.6 is 0 Å².